The van der Waals surface area contributed by atoms with Crippen LogP contribution in [-0.4, -0.2) is 32.5 Å². The Hall–Kier alpha value is -0.750. The summed E-state index contributed by atoms with van der Waals surface area (Å²) in [5.41, 5.74) is 5.51. The largest absolute Gasteiger partial charge is 0.368 e. The van der Waals surface area contributed by atoms with Crippen LogP contribution in [0.4, 0.5) is 11.9 Å². The Labute approximate surface area is 104 Å². The van der Waals surface area contributed by atoms with Crippen molar-refractivity contribution in [2.45, 2.75) is 30.6 Å². The predicted molar refractivity (Wildman–Crippen MR) is 67.8 cm³/mol. The third kappa shape index (κ3) is 2.68. The van der Waals surface area contributed by atoms with E-state index in [9.17, 15) is 0 Å². The summed E-state index contributed by atoms with van der Waals surface area (Å²) in [6.45, 7) is 0. The molecular weight excluding hydrogens is 246 g/mol. The minimum absolute atomic E-state index is 0.133. The fourth-order valence-corrected chi connectivity index (χ4v) is 3.07. The molecule has 0 aromatic carbocycles. The van der Waals surface area contributed by atoms with Crippen molar-refractivity contribution in [1.29, 1.82) is 0 Å². The van der Waals surface area contributed by atoms with Crippen LogP contribution in [0.25, 0.3) is 0 Å². The number of halogens is 1. The Morgan fingerprint density at radius 3 is 2.88 bits per heavy atom. The second kappa shape index (κ2) is 5.05. The molecule has 2 rings (SSSR count). The molecule has 1 aromatic rings. The van der Waals surface area contributed by atoms with Gasteiger partial charge in [-0.3, -0.25) is 0 Å². The minimum Gasteiger partial charge on any atom is -0.368 e. The summed E-state index contributed by atoms with van der Waals surface area (Å²) in [6.07, 6.45) is 5.72. The lowest BCUT2D eigenvalue weighted by atomic mass is 10.2. The van der Waals surface area contributed by atoms with Crippen molar-refractivity contribution < 1.29 is 0 Å². The van der Waals surface area contributed by atoms with Gasteiger partial charge in [0.25, 0.3) is 0 Å². The molecule has 88 valence electrons. The number of aromatic nitrogens is 3. The Kier molecular flexibility index (Phi) is 3.70. The Morgan fingerprint density at radius 1 is 1.38 bits per heavy atom. The quantitative estimate of drug-likeness (QED) is 0.862. The maximum absolute atomic E-state index is 5.72. The standard InChI is InChI=1S/C9H14ClN5S/c1-16-6-4-2-3-5(6)12-9-14-7(10)13-8(11)15-9/h5-6H,2-4H2,1H3,(H3,11,12,13,14,15). The predicted octanol–water partition coefficient (Wildman–Crippen LogP) is 1.80. The topological polar surface area (TPSA) is 76.7 Å². The number of thioether (sulfide) groups is 1. The first kappa shape index (κ1) is 11.7. The zero-order valence-corrected chi connectivity index (χ0v) is 10.6. The second-order valence-corrected chi connectivity index (χ2v) is 5.16. The van der Waals surface area contributed by atoms with Crippen LogP contribution in [0.3, 0.4) is 0 Å². The first-order valence-electron chi connectivity index (χ1n) is 5.15. The van der Waals surface area contributed by atoms with Gasteiger partial charge in [0.05, 0.1) is 0 Å². The highest BCUT2D eigenvalue weighted by Gasteiger charge is 2.27. The van der Waals surface area contributed by atoms with Gasteiger partial charge in [-0.25, -0.2) is 0 Å². The zero-order valence-electron chi connectivity index (χ0n) is 8.98. The van der Waals surface area contributed by atoms with Crippen molar-refractivity contribution in [2.24, 2.45) is 0 Å². The van der Waals surface area contributed by atoms with E-state index in [2.05, 4.69) is 26.5 Å². The molecule has 0 aliphatic heterocycles. The van der Waals surface area contributed by atoms with E-state index >= 15 is 0 Å². The molecule has 1 aliphatic carbocycles. The number of nitrogens with one attached hydrogen (secondary N) is 1. The number of nitrogen functional groups attached to an aromatic ring is 1. The van der Waals surface area contributed by atoms with Crippen LogP contribution in [0, 0.1) is 0 Å². The van der Waals surface area contributed by atoms with Crippen LogP contribution in [0.15, 0.2) is 0 Å². The SMILES string of the molecule is CSC1CCCC1Nc1nc(N)nc(Cl)n1. The summed E-state index contributed by atoms with van der Waals surface area (Å²) in [5.74, 6) is 0.629. The fraction of sp³-hybridized carbons (Fsp3) is 0.667. The molecule has 1 aromatic heterocycles. The van der Waals surface area contributed by atoms with Gasteiger partial charge in [0.1, 0.15) is 0 Å². The zero-order chi connectivity index (χ0) is 11.5. The molecule has 3 N–H and O–H groups in total. The first-order chi connectivity index (χ1) is 7.69. The summed E-state index contributed by atoms with van der Waals surface area (Å²) < 4.78 is 0. The lowest BCUT2D eigenvalue weighted by Crippen LogP contribution is -2.27. The van der Waals surface area contributed by atoms with Crippen molar-refractivity contribution >= 4 is 35.3 Å². The summed E-state index contributed by atoms with van der Waals surface area (Å²) in [6, 6.07) is 0.396. The lowest BCUT2D eigenvalue weighted by molar-refractivity contribution is 0.755. The lowest BCUT2D eigenvalue weighted by Gasteiger charge is -2.18. The van der Waals surface area contributed by atoms with Crippen molar-refractivity contribution in [1.82, 2.24) is 15.0 Å². The third-order valence-corrected chi connectivity index (χ3v) is 4.03. The van der Waals surface area contributed by atoms with E-state index in [1.54, 1.807) is 0 Å². The molecule has 0 radical (unpaired) electrons. The van der Waals surface area contributed by atoms with Gasteiger partial charge >= 0.3 is 0 Å². The van der Waals surface area contributed by atoms with Gasteiger partial charge < -0.3 is 11.1 Å². The molecule has 7 heteroatoms. The Bertz CT molecular complexity index is 355. The number of rotatable bonds is 3. The van der Waals surface area contributed by atoms with Gasteiger partial charge in [0.2, 0.25) is 17.2 Å². The molecule has 0 bridgehead atoms. The van der Waals surface area contributed by atoms with E-state index in [1.165, 1.54) is 12.8 Å². The van der Waals surface area contributed by atoms with E-state index in [-0.39, 0.29) is 11.2 Å². The van der Waals surface area contributed by atoms with Crippen molar-refractivity contribution in [3.63, 3.8) is 0 Å². The van der Waals surface area contributed by atoms with Crippen LogP contribution in [0.2, 0.25) is 5.28 Å². The van der Waals surface area contributed by atoms with Gasteiger partial charge in [-0.05, 0) is 30.7 Å². The van der Waals surface area contributed by atoms with E-state index < -0.39 is 0 Å². The van der Waals surface area contributed by atoms with Crippen LogP contribution >= 0.6 is 23.4 Å². The highest BCUT2D eigenvalue weighted by molar-refractivity contribution is 7.99. The molecule has 1 heterocycles. The Morgan fingerprint density at radius 2 is 2.19 bits per heavy atom. The van der Waals surface area contributed by atoms with Crippen LogP contribution < -0.4 is 11.1 Å². The van der Waals surface area contributed by atoms with Crippen LogP contribution in [0.5, 0.6) is 0 Å². The molecule has 2 atom stereocenters. The molecule has 2 unspecified atom stereocenters. The van der Waals surface area contributed by atoms with E-state index in [1.807, 2.05) is 11.8 Å². The van der Waals surface area contributed by atoms with Crippen LogP contribution in [-0.2, 0) is 0 Å². The van der Waals surface area contributed by atoms with E-state index in [0.29, 0.717) is 17.2 Å². The number of anilines is 2. The molecule has 0 saturated heterocycles. The van der Waals surface area contributed by atoms with Gasteiger partial charge in [0, 0.05) is 11.3 Å². The summed E-state index contributed by atoms with van der Waals surface area (Å²) in [5, 5.41) is 4.02. The Balaban J connectivity index is 2.08. The number of nitrogens with two attached hydrogens (primary N) is 1. The molecule has 0 spiro atoms. The van der Waals surface area contributed by atoms with Gasteiger partial charge in [-0.15, -0.1) is 0 Å². The van der Waals surface area contributed by atoms with Gasteiger partial charge in [-0.2, -0.15) is 26.7 Å². The van der Waals surface area contributed by atoms with Gasteiger partial charge in [-0.1, -0.05) is 6.42 Å². The smallest absolute Gasteiger partial charge is 0.229 e. The second-order valence-electron chi connectivity index (χ2n) is 3.74. The number of nitrogens with zero attached hydrogens (tertiary/aromatic N) is 3. The van der Waals surface area contributed by atoms with E-state index in [4.69, 9.17) is 17.3 Å². The summed E-state index contributed by atoms with van der Waals surface area (Å²) in [7, 11) is 0. The molecule has 1 aliphatic rings. The fourth-order valence-electron chi connectivity index (χ4n) is 1.97. The van der Waals surface area contributed by atoms with E-state index in [0.717, 1.165) is 6.42 Å². The molecule has 16 heavy (non-hydrogen) atoms. The van der Waals surface area contributed by atoms with Crippen LogP contribution in [0.1, 0.15) is 19.3 Å². The third-order valence-electron chi connectivity index (χ3n) is 2.70. The van der Waals surface area contributed by atoms with Crippen molar-refractivity contribution in [3.8, 4) is 0 Å². The molecule has 1 saturated carbocycles. The average molecular weight is 260 g/mol. The molecule has 1 fully saturated rings. The average Bonchev–Trinajstić information content (AvgIpc) is 2.63. The summed E-state index contributed by atoms with van der Waals surface area (Å²) >= 11 is 7.59. The summed E-state index contributed by atoms with van der Waals surface area (Å²) in [4.78, 5) is 11.7. The van der Waals surface area contributed by atoms with Gasteiger partial charge in [0.15, 0.2) is 0 Å². The number of hydrogen-bond acceptors (Lipinski definition) is 6. The van der Waals surface area contributed by atoms with Crippen molar-refractivity contribution in [2.75, 3.05) is 17.3 Å². The molecule has 0 amide bonds. The number of hydrogen-bond donors (Lipinski definition) is 2. The highest BCUT2D eigenvalue weighted by Crippen LogP contribution is 2.30. The maximum Gasteiger partial charge on any atom is 0.229 e. The molecule has 5 nitrogen and oxygen atoms in total. The minimum atomic E-state index is 0.133. The maximum atomic E-state index is 5.72. The highest BCUT2D eigenvalue weighted by atomic mass is 35.5. The normalized spacial score (nSPS) is 24.6. The first-order valence-corrected chi connectivity index (χ1v) is 6.82. The monoisotopic (exact) mass is 259 g/mol. The molecular formula is C9H14ClN5S. The van der Waals surface area contributed by atoms with Crippen molar-refractivity contribution in [3.05, 3.63) is 5.28 Å².